The molecule has 0 aromatic rings. The molecule has 0 aromatic heterocycles. The lowest BCUT2D eigenvalue weighted by atomic mass is 9.94. The molecule has 0 aromatic carbocycles. The Balaban J connectivity index is 3.63. The molecule has 0 saturated carbocycles. The van der Waals surface area contributed by atoms with E-state index in [1.165, 1.54) is 44.2 Å². The van der Waals surface area contributed by atoms with E-state index in [2.05, 4.69) is 32.4 Å². The molecule has 0 amide bonds. The van der Waals surface area contributed by atoms with E-state index in [1.54, 1.807) is 0 Å². The quantitative estimate of drug-likeness (QED) is 0.580. The molecule has 0 aliphatic heterocycles. The van der Waals surface area contributed by atoms with Gasteiger partial charge < -0.3 is 10.6 Å². The lowest BCUT2D eigenvalue weighted by molar-refractivity contribution is 0.322. The van der Waals surface area contributed by atoms with Crippen molar-refractivity contribution >= 4 is 0 Å². The summed E-state index contributed by atoms with van der Waals surface area (Å²) in [6.07, 6.45) is 6.42. The molecular weight excluding hydrogens is 196 g/mol. The Labute approximate surface area is 102 Å². The summed E-state index contributed by atoms with van der Waals surface area (Å²) in [6.45, 7) is 11.3. The van der Waals surface area contributed by atoms with Gasteiger partial charge in [0.2, 0.25) is 0 Å². The van der Waals surface area contributed by atoms with Gasteiger partial charge in [0.1, 0.15) is 0 Å². The molecule has 0 rings (SSSR count). The number of rotatable bonds is 10. The van der Waals surface area contributed by atoms with Crippen LogP contribution in [0, 0.1) is 5.92 Å². The summed E-state index contributed by atoms with van der Waals surface area (Å²) in [5, 5.41) is 0. The molecular formula is C14H30N2. The smallest absolute Gasteiger partial charge is 0.0184 e. The minimum atomic E-state index is 0.840. The van der Waals surface area contributed by atoms with Gasteiger partial charge in [-0.05, 0) is 52.2 Å². The standard InChI is InChI=1S/C14H30N2/c1-5-7-14(9-10-15)8-6-11-16(4)12-13(2)3/h14H,2,5-12,15H2,1,3-4H3. The van der Waals surface area contributed by atoms with Gasteiger partial charge in [-0.1, -0.05) is 31.9 Å². The molecule has 96 valence electrons. The maximum atomic E-state index is 5.64. The van der Waals surface area contributed by atoms with Gasteiger partial charge in [-0.25, -0.2) is 0 Å². The van der Waals surface area contributed by atoms with E-state index >= 15 is 0 Å². The van der Waals surface area contributed by atoms with Crippen molar-refractivity contribution in [2.45, 2.75) is 46.0 Å². The zero-order valence-corrected chi connectivity index (χ0v) is 11.5. The first-order valence-electron chi connectivity index (χ1n) is 6.63. The first kappa shape index (κ1) is 15.7. The van der Waals surface area contributed by atoms with Crippen molar-refractivity contribution in [1.82, 2.24) is 4.90 Å². The van der Waals surface area contributed by atoms with Crippen LogP contribution in [0.4, 0.5) is 0 Å². The Bertz CT molecular complexity index is 172. The molecule has 16 heavy (non-hydrogen) atoms. The molecule has 2 N–H and O–H groups in total. The Morgan fingerprint density at radius 1 is 1.31 bits per heavy atom. The second-order valence-electron chi connectivity index (χ2n) is 5.07. The van der Waals surface area contributed by atoms with Crippen molar-refractivity contribution in [2.75, 3.05) is 26.7 Å². The van der Waals surface area contributed by atoms with E-state index < -0.39 is 0 Å². The SMILES string of the molecule is C=C(C)CN(C)CCCC(CCC)CCN. The first-order chi connectivity index (χ1) is 7.60. The summed E-state index contributed by atoms with van der Waals surface area (Å²) in [5.74, 6) is 0.841. The number of nitrogens with zero attached hydrogens (tertiary/aromatic N) is 1. The van der Waals surface area contributed by atoms with Crippen molar-refractivity contribution < 1.29 is 0 Å². The van der Waals surface area contributed by atoms with Gasteiger partial charge in [-0.2, -0.15) is 0 Å². The maximum absolute atomic E-state index is 5.64. The summed E-state index contributed by atoms with van der Waals surface area (Å²) in [7, 11) is 2.17. The van der Waals surface area contributed by atoms with E-state index in [1.807, 2.05) is 0 Å². The third-order valence-corrected chi connectivity index (χ3v) is 2.96. The summed E-state index contributed by atoms with van der Waals surface area (Å²) < 4.78 is 0. The minimum absolute atomic E-state index is 0.840. The Morgan fingerprint density at radius 2 is 2.00 bits per heavy atom. The van der Waals surface area contributed by atoms with Gasteiger partial charge >= 0.3 is 0 Å². The van der Waals surface area contributed by atoms with Gasteiger partial charge in [0.25, 0.3) is 0 Å². The van der Waals surface area contributed by atoms with Gasteiger partial charge in [0.05, 0.1) is 0 Å². The monoisotopic (exact) mass is 226 g/mol. The predicted molar refractivity (Wildman–Crippen MR) is 73.6 cm³/mol. The van der Waals surface area contributed by atoms with Gasteiger partial charge in [0, 0.05) is 6.54 Å². The molecule has 0 heterocycles. The van der Waals surface area contributed by atoms with E-state index in [4.69, 9.17) is 5.73 Å². The van der Waals surface area contributed by atoms with E-state index in [0.29, 0.717) is 0 Å². The average Bonchev–Trinajstić information content (AvgIpc) is 2.17. The average molecular weight is 226 g/mol. The number of likely N-dealkylation sites (N-methyl/N-ethyl adjacent to an activating group) is 1. The number of hydrogen-bond donors (Lipinski definition) is 1. The number of nitrogens with two attached hydrogens (primary N) is 1. The molecule has 0 aliphatic rings. The molecule has 0 spiro atoms. The van der Waals surface area contributed by atoms with Crippen LogP contribution in [0.5, 0.6) is 0 Å². The molecule has 0 fully saturated rings. The van der Waals surface area contributed by atoms with Gasteiger partial charge in [-0.3, -0.25) is 0 Å². The van der Waals surface area contributed by atoms with Crippen LogP contribution < -0.4 is 5.73 Å². The van der Waals surface area contributed by atoms with Crippen LogP contribution >= 0.6 is 0 Å². The summed E-state index contributed by atoms with van der Waals surface area (Å²) in [4.78, 5) is 2.35. The Morgan fingerprint density at radius 3 is 2.50 bits per heavy atom. The third kappa shape index (κ3) is 8.93. The normalized spacial score (nSPS) is 13.1. The van der Waals surface area contributed by atoms with Crippen LogP contribution in [0.25, 0.3) is 0 Å². The van der Waals surface area contributed by atoms with Crippen molar-refractivity contribution in [2.24, 2.45) is 11.7 Å². The van der Waals surface area contributed by atoms with Gasteiger partial charge in [0.15, 0.2) is 0 Å². The van der Waals surface area contributed by atoms with Crippen molar-refractivity contribution in [3.8, 4) is 0 Å². The van der Waals surface area contributed by atoms with E-state index in [0.717, 1.165) is 19.0 Å². The lowest BCUT2D eigenvalue weighted by Crippen LogP contribution is -2.22. The lowest BCUT2D eigenvalue weighted by Gasteiger charge is -2.19. The highest BCUT2D eigenvalue weighted by Crippen LogP contribution is 2.17. The van der Waals surface area contributed by atoms with Crippen molar-refractivity contribution in [1.29, 1.82) is 0 Å². The van der Waals surface area contributed by atoms with Crippen LogP contribution in [0.2, 0.25) is 0 Å². The van der Waals surface area contributed by atoms with Crippen LogP contribution in [-0.4, -0.2) is 31.6 Å². The second-order valence-corrected chi connectivity index (χ2v) is 5.07. The predicted octanol–water partition coefficient (Wildman–Crippen LogP) is 3.04. The Hall–Kier alpha value is -0.340. The second kappa shape index (κ2) is 9.86. The zero-order chi connectivity index (χ0) is 12.4. The fraction of sp³-hybridized carbons (Fsp3) is 0.857. The highest BCUT2D eigenvalue weighted by molar-refractivity contribution is 4.90. The third-order valence-electron chi connectivity index (χ3n) is 2.96. The van der Waals surface area contributed by atoms with Crippen LogP contribution in [-0.2, 0) is 0 Å². The Kier molecular flexibility index (Phi) is 9.65. The molecule has 0 aliphatic carbocycles. The largest absolute Gasteiger partial charge is 0.330 e. The molecule has 0 saturated heterocycles. The molecule has 2 heteroatoms. The van der Waals surface area contributed by atoms with Gasteiger partial charge in [-0.15, -0.1) is 0 Å². The van der Waals surface area contributed by atoms with Crippen LogP contribution in [0.3, 0.4) is 0 Å². The topological polar surface area (TPSA) is 29.3 Å². The molecule has 0 radical (unpaired) electrons. The van der Waals surface area contributed by atoms with Crippen LogP contribution in [0.15, 0.2) is 12.2 Å². The highest BCUT2D eigenvalue weighted by atomic mass is 15.1. The number of hydrogen-bond acceptors (Lipinski definition) is 2. The molecule has 0 bridgehead atoms. The summed E-state index contributed by atoms with van der Waals surface area (Å²) in [6, 6.07) is 0. The van der Waals surface area contributed by atoms with Crippen molar-refractivity contribution in [3.05, 3.63) is 12.2 Å². The van der Waals surface area contributed by atoms with Crippen LogP contribution in [0.1, 0.15) is 46.0 Å². The molecule has 1 unspecified atom stereocenters. The van der Waals surface area contributed by atoms with E-state index in [-0.39, 0.29) is 0 Å². The zero-order valence-electron chi connectivity index (χ0n) is 11.5. The fourth-order valence-electron chi connectivity index (χ4n) is 2.27. The molecule has 1 atom stereocenters. The fourth-order valence-corrected chi connectivity index (χ4v) is 2.27. The molecule has 2 nitrogen and oxygen atoms in total. The summed E-state index contributed by atoms with van der Waals surface area (Å²) >= 11 is 0. The summed E-state index contributed by atoms with van der Waals surface area (Å²) in [5.41, 5.74) is 6.88. The van der Waals surface area contributed by atoms with Crippen molar-refractivity contribution in [3.63, 3.8) is 0 Å². The maximum Gasteiger partial charge on any atom is 0.0184 e. The first-order valence-corrected chi connectivity index (χ1v) is 6.63. The highest BCUT2D eigenvalue weighted by Gasteiger charge is 2.07. The van der Waals surface area contributed by atoms with E-state index in [9.17, 15) is 0 Å². The minimum Gasteiger partial charge on any atom is -0.330 e.